The largest absolute Gasteiger partial charge is 0.497 e. The van der Waals surface area contributed by atoms with Crippen LogP contribution in [0.3, 0.4) is 0 Å². The zero-order valence-electron chi connectivity index (χ0n) is 12.2. The first-order chi connectivity index (χ1) is 10.7. The predicted octanol–water partition coefficient (Wildman–Crippen LogP) is 2.81. The van der Waals surface area contributed by atoms with Gasteiger partial charge < -0.3 is 10.1 Å². The summed E-state index contributed by atoms with van der Waals surface area (Å²) >= 11 is 0. The molecule has 4 nitrogen and oxygen atoms in total. The minimum atomic E-state index is -0.165. The van der Waals surface area contributed by atoms with Gasteiger partial charge in [0.05, 0.1) is 7.11 Å². The third kappa shape index (κ3) is 3.23. The summed E-state index contributed by atoms with van der Waals surface area (Å²) in [5.74, 6) is 1.30. The molecule has 0 fully saturated rings. The van der Waals surface area contributed by atoms with E-state index in [1.54, 1.807) is 13.2 Å². The lowest BCUT2D eigenvalue weighted by atomic mass is 10.1. The summed E-state index contributed by atoms with van der Waals surface area (Å²) in [5, 5.41) is 2.81. The molecule has 2 aromatic carbocycles. The number of amidine groups is 1. The number of nitrogens with one attached hydrogen (secondary N) is 1. The first-order valence-electron chi connectivity index (χ1n) is 7.03. The van der Waals surface area contributed by atoms with Crippen molar-refractivity contribution in [1.82, 2.24) is 5.32 Å². The molecule has 0 saturated heterocycles. The molecule has 1 N–H and O–H groups in total. The molecule has 2 aromatic rings. The topological polar surface area (TPSA) is 50.7 Å². The zero-order chi connectivity index (χ0) is 15.4. The van der Waals surface area contributed by atoms with Crippen molar-refractivity contribution in [3.63, 3.8) is 0 Å². The maximum Gasteiger partial charge on any atom is 0.275 e. The maximum absolute atomic E-state index is 12.0. The van der Waals surface area contributed by atoms with Crippen molar-refractivity contribution >= 4 is 17.8 Å². The Morgan fingerprint density at radius 2 is 1.82 bits per heavy atom. The number of benzene rings is 2. The Morgan fingerprint density at radius 3 is 2.50 bits per heavy atom. The number of hydrogen-bond donors (Lipinski definition) is 1. The molecular weight excluding hydrogens is 276 g/mol. The molecule has 110 valence electrons. The SMILES string of the molecule is COc1ccc(/C=C2/N=C(Cc3ccccc3)NC2=O)cc1. The van der Waals surface area contributed by atoms with E-state index in [1.165, 1.54) is 0 Å². The van der Waals surface area contributed by atoms with Crippen LogP contribution in [-0.4, -0.2) is 18.9 Å². The molecule has 0 saturated carbocycles. The Bertz CT molecular complexity index is 731. The Kier molecular flexibility index (Phi) is 4.01. The van der Waals surface area contributed by atoms with Crippen molar-refractivity contribution in [2.75, 3.05) is 7.11 Å². The van der Waals surface area contributed by atoms with Gasteiger partial charge in [0.15, 0.2) is 0 Å². The summed E-state index contributed by atoms with van der Waals surface area (Å²) in [5.41, 5.74) is 2.46. The number of ether oxygens (including phenoxy) is 1. The smallest absolute Gasteiger partial charge is 0.275 e. The third-order valence-corrected chi connectivity index (χ3v) is 3.38. The van der Waals surface area contributed by atoms with Crippen LogP contribution in [0.15, 0.2) is 65.3 Å². The highest BCUT2D eigenvalue weighted by Gasteiger charge is 2.19. The lowest BCUT2D eigenvalue weighted by Crippen LogP contribution is -2.25. The Hall–Kier alpha value is -2.88. The van der Waals surface area contributed by atoms with Gasteiger partial charge in [-0.3, -0.25) is 4.79 Å². The minimum Gasteiger partial charge on any atom is -0.497 e. The molecule has 1 amide bonds. The lowest BCUT2D eigenvalue weighted by molar-refractivity contribution is -0.115. The number of carbonyl (C=O) groups is 1. The first kappa shape index (κ1) is 14.1. The number of amides is 1. The van der Waals surface area contributed by atoms with Crippen LogP contribution in [0.2, 0.25) is 0 Å². The fourth-order valence-corrected chi connectivity index (χ4v) is 2.25. The summed E-state index contributed by atoms with van der Waals surface area (Å²) < 4.78 is 5.12. The van der Waals surface area contributed by atoms with Crippen LogP contribution < -0.4 is 10.1 Å². The number of rotatable bonds is 4. The predicted molar refractivity (Wildman–Crippen MR) is 86.7 cm³/mol. The molecule has 22 heavy (non-hydrogen) atoms. The van der Waals surface area contributed by atoms with Crippen LogP contribution in [0.5, 0.6) is 5.75 Å². The summed E-state index contributed by atoms with van der Waals surface area (Å²) in [4.78, 5) is 16.4. The van der Waals surface area contributed by atoms with Gasteiger partial charge in [0.25, 0.3) is 5.91 Å². The molecule has 0 aromatic heterocycles. The molecule has 0 radical (unpaired) electrons. The molecule has 0 bridgehead atoms. The van der Waals surface area contributed by atoms with Crippen molar-refractivity contribution in [2.24, 2.45) is 4.99 Å². The highest BCUT2D eigenvalue weighted by atomic mass is 16.5. The van der Waals surface area contributed by atoms with Gasteiger partial charge in [-0.1, -0.05) is 42.5 Å². The molecule has 1 aliphatic heterocycles. The standard InChI is InChI=1S/C18H16N2O2/c1-22-15-9-7-14(8-10-15)11-16-18(21)20-17(19-16)12-13-5-3-2-4-6-13/h2-11H,12H2,1H3,(H,19,20,21)/b16-11+. The van der Waals surface area contributed by atoms with Gasteiger partial charge in [-0.25, -0.2) is 4.99 Å². The van der Waals surface area contributed by atoms with E-state index in [9.17, 15) is 4.79 Å². The minimum absolute atomic E-state index is 0.165. The highest BCUT2D eigenvalue weighted by Crippen LogP contribution is 2.17. The highest BCUT2D eigenvalue weighted by molar-refractivity contribution is 6.14. The summed E-state index contributed by atoms with van der Waals surface area (Å²) in [6, 6.07) is 17.4. The van der Waals surface area contributed by atoms with Crippen molar-refractivity contribution in [2.45, 2.75) is 6.42 Å². The van der Waals surface area contributed by atoms with E-state index in [0.717, 1.165) is 16.9 Å². The number of nitrogens with zero attached hydrogens (tertiary/aromatic N) is 1. The van der Waals surface area contributed by atoms with Crippen LogP contribution in [-0.2, 0) is 11.2 Å². The van der Waals surface area contributed by atoms with E-state index in [0.29, 0.717) is 18.0 Å². The van der Waals surface area contributed by atoms with Crippen LogP contribution in [0.1, 0.15) is 11.1 Å². The average Bonchev–Trinajstić information content (AvgIpc) is 2.88. The van der Waals surface area contributed by atoms with Gasteiger partial charge in [-0.15, -0.1) is 0 Å². The number of carbonyl (C=O) groups excluding carboxylic acids is 1. The maximum atomic E-state index is 12.0. The normalized spacial score (nSPS) is 15.6. The second kappa shape index (κ2) is 6.26. The molecular formula is C18H16N2O2. The van der Waals surface area contributed by atoms with Crippen LogP contribution in [0.4, 0.5) is 0 Å². The van der Waals surface area contributed by atoms with Crippen molar-refractivity contribution < 1.29 is 9.53 Å². The molecule has 0 unspecified atom stereocenters. The monoisotopic (exact) mass is 292 g/mol. The summed E-state index contributed by atoms with van der Waals surface area (Å²) in [6.07, 6.45) is 2.39. The summed E-state index contributed by atoms with van der Waals surface area (Å²) in [6.45, 7) is 0. The van der Waals surface area contributed by atoms with E-state index >= 15 is 0 Å². The van der Waals surface area contributed by atoms with Gasteiger partial charge in [0.1, 0.15) is 17.3 Å². The molecule has 4 heteroatoms. The number of aliphatic imine (C=N–C) groups is 1. The second-order valence-corrected chi connectivity index (χ2v) is 4.98. The molecule has 1 aliphatic rings. The Balaban J connectivity index is 1.78. The Labute approximate surface area is 129 Å². The van der Waals surface area contributed by atoms with Gasteiger partial charge in [-0.05, 0) is 29.3 Å². The lowest BCUT2D eigenvalue weighted by Gasteiger charge is -1.99. The van der Waals surface area contributed by atoms with E-state index in [-0.39, 0.29) is 5.91 Å². The van der Waals surface area contributed by atoms with E-state index in [4.69, 9.17) is 4.74 Å². The second-order valence-electron chi connectivity index (χ2n) is 4.98. The van der Waals surface area contributed by atoms with Gasteiger partial charge in [0, 0.05) is 6.42 Å². The first-order valence-corrected chi connectivity index (χ1v) is 7.03. The van der Waals surface area contributed by atoms with Gasteiger partial charge in [-0.2, -0.15) is 0 Å². The van der Waals surface area contributed by atoms with Crippen LogP contribution in [0, 0.1) is 0 Å². The van der Waals surface area contributed by atoms with Crippen molar-refractivity contribution in [3.05, 3.63) is 71.4 Å². The van der Waals surface area contributed by atoms with Crippen LogP contribution in [0.25, 0.3) is 6.08 Å². The summed E-state index contributed by atoms with van der Waals surface area (Å²) in [7, 11) is 1.62. The van der Waals surface area contributed by atoms with E-state index in [1.807, 2.05) is 54.6 Å². The molecule has 0 atom stereocenters. The number of methoxy groups -OCH3 is 1. The van der Waals surface area contributed by atoms with E-state index in [2.05, 4.69) is 10.3 Å². The van der Waals surface area contributed by atoms with Crippen molar-refractivity contribution in [3.8, 4) is 5.75 Å². The zero-order valence-corrected chi connectivity index (χ0v) is 12.2. The molecule has 0 aliphatic carbocycles. The molecule has 3 rings (SSSR count). The van der Waals surface area contributed by atoms with Gasteiger partial charge >= 0.3 is 0 Å². The fourth-order valence-electron chi connectivity index (χ4n) is 2.25. The van der Waals surface area contributed by atoms with Gasteiger partial charge in [0.2, 0.25) is 0 Å². The van der Waals surface area contributed by atoms with Crippen molar-refractivity contribution in [1.29, 1.82) is 0 Å². The fraction of sp³-hybridized carbons (Fsp3) is 0.111. The quantitative estimate of drug-likeness (QED) is 0.881. The average molecular weight is 292 g/mol. The van der Waals surface area contributed by atoms with E-state index < -0.39 is 0 Å². The molecule has 1 heterocycles. The van der Waals surface area contributed by atoms with Crippen LogP contribution >= 0.6 is 0 Å². The number of hydrogen-bond acceptors (Lipinski definition) is 3. The Morgan fingerprint density at radius 1 is 1.09 bits per heavy atom. The third-order valence-electron chi connectivity index (χ3n) is 3.38. The molecule has 0 spiro atoms.